The average molecular weight is 416 g/mol. The highest BCUT2D eigenvalue weighted by Crippen LogP contribution is 2.38. The highest BCUT2D eigenvalue weighted by atomic mass is 32.3. The smallest absolute Gasteiger partial charge is 0.184 e. The monoisotopic (exact) mass is 415 g/mol. The van der Waals surface area contributed by atoms with E-state index in [-0.39, 0.29) is 5.92 Å². The normalized spacial score (nSPS) is 21.1. The van der Waals surface area contributed by atoms with Crippen molar-refractivity contribution in [3.63, 3.8) is 0 Å². The summed E-state index contributed by atoms with van der Waals surface area (Å²) in [6, 6.07) is 19.9. The van der Waals surface area contributed by atoms with Crippen molar-refractivity contribution in [2.24, 2.45) is 10.9 Å². The van der Waals surface area contributed by atoms with Crippen LogP contribution in [-0.4, -0.2) is 27.2 Å². The van der Waals surface area contributed by atoms with Gasteiger partial charge in [-0.2, -0.15) is 0 Å². The molecule has 0 fully saturated rings. The number of amidine groups is 1. The van der Waals surface area contributed by atoms with Crippen LogP contribution in [0, 0.1) is 5.92 Å². The van der Waals surface area contributed by atoms with Crippen molar-refractivity contribution < 1.29 is 4.21 Å². The van der Waals surface area contributed by atoms with Gasteiger partial charge >= 0.3 is 0 Å². The number of hydrogen-bond donors (Lipinski definition) is 2. The Labute approximate surface area is 173 Å². The minimum Gasteiger partial charge on any atom is -0.325 e. The lowest BCUT2D eigenvalue weighted by Crippen LogP contribution is -2.60. The maximum Gasteiger partial charge on any atom is 0.184 e. The molecule has 0 spiro atoms. The summed E-state index contributed by atoms with van der Waals surface area (Å²) >= 11 is 5.68. The maximum absolute atomic E-state index is 14.8. The van der Waals surface area contributed by atoms with Gasteiger partial charge in [-0.3, -0.25) is 8.93 Å². The second-order valence-corrected chi connectivity index (χ2v) is 12.4. The van der Waals surface area contributed by atoms with Crippen LogP contribution in [-0.2, 0) is 20.5 Å². The molecule has 0 radical (unpaired) electrons. The molecule has 0 aromatic heterocycles. The molecule has 2 N–H and O–H groups in total. The SMILES string of the molecule is CNS(=O)(Cc1ccccc1)(CC(C)C)C1=NC(C)(c2ccccc2)C(=S)N1. The molecule has 150 valence electrons. The number of aliphatic imine (C=N–C) groups is 1. The Balaban J connectivity index is 2.15. The van der Waals surface area contributed by atoms with Gasteiger partial charge in [0.15, 0.2) is 5.17 Å². The lowest BCUT2D eigenvalue weighted by Gasteiger charge is -2.43. The molecular weight excluding hydrogens is 386 g/mol. The second-order valence-electron chi connectivity index (χ2n) is 7.99. The van der Waals surface area contributed by atoms with Crippen molar-refractivity contribution in [1.82, 2.24) is 10.0 Å². The summed E-state index contributed by atoms with van der Waals surface area (Å²) in [5.74, 6) is 1.09. The summed E-state index contributed by atoms with van der Waals surface area (Å²) in [5, 5.41) is 3.74. The van der Waals surface area contributed by atoms with Crippen LogP contribution in [0.25, 0.3) is 0 Å². The molecule has 1 atom stereocenters. The van der Waals surface area contributed by atoms with Crippen LogP contribution in [0.2, 0.25) is 0 Å². The van der Waals surface area contributed by atoms with Gasteiger partial charge in [-0.1, -0.05) is 86.7 Å². The Bertz CT molecular complexity index is 956. The number of rotatable bonds is 6. The third kappa shape index (κ3) is 3.69. The van der Waals surface area contributed by atoms with E-state index >= 15 is 0 Å². The fraction of sp³-hybridized carbons (Fsp3) is 0.364. The van der Waals surface area contributed by atoms with E-state index in [1.54, 1.807) is 7.05 Å². The van der Waals surface area contributed by atoms with E-state index in [2.05, 4.69) is 23.9 Å². The van der Waals surface area contributed by atoms with Crippen molar-refractivity contribution in [2.75, 3.05) is 12.8 Å². The van der Waals surface area contributed by atoms with Gasteiger partial charge in [-0.25, -0.2) is 4.99 Å². The zero-order valence-corrected chi connectivity index (χ0v) is 18.6. The third-order valence-electron chi connectivity index (χ3n) is 5.25. The number of nitrogens with zero attached hydrogens (tertiary/aromatic N) is 1. The van der Waals surface area contributed by atoms with E-state index in [9.17, 15) is 4.21 Å². The summed E-state index contributed by atoms with van der Waals surface area (Å²) in [6.07, 6.45) is 0. The minimum absolute atomic E-state index is 0.220. The quantitative estimate of drug-likeness (QED) is 0.701. The lowest BCUT2D eigenvalue weighted by atomic mass is 9.93. The van der Waals surface area contributed by atoms with E-state index in [0.717, 1.165) is 11.1 Å². The van der Waals surface area contributed by atoms with Crippen LogP contribution < -0.4 is 10.0 Å². The molecule has 0 amide bonds. The molecule has 28 heavy (non-hydrogen) atoms. The zero-order chi connectivity index (χ0) is 20.4. The molecular formula is C22H29N3OS2. The van der Waals surface area contributed by atoms with Crippen LogP contribution in [0.5, 0.6) is 0 Å². The van der Waals surface area contributed by atoms with Gasteiger partial charge < -0.3 is 5.32 Å². The second kappa shape index (κ2) is 7.50. The van der Waals surface area contributed by atoms with Crippen molar-refractivity contribution in [2.45, 2.75) is 32.1 Å². The summed E-state index contributed by atoms with van der Waals surface area (Å²) in [6.45, 7) is 6.15. The first-order valence-electron chi connectivity index (χ1n) is 9.54. The predicted octanol–water partition coefficient (Wildman–Crippen LogP) is 4.00. The molecule has 1 unspecified atom stereocenters. The molecule has 1 aliphatic rings. The molecule has 2 aromatic carbocycles. The number of benzene rings is 2. The zero-order valence-electron chi connectivity index (χ0n) is 16.9. The first-order valence-corrected chi connectivity index (χ1v) is 12.3. The predicted molar refractivity (Wildman–Crippen MR) is 124 cm³/mol. The summed E-state index contributed by atoms with van der Waals surface area (Å²) in [5.41, 5.74) is 1.28. The topological polar surface area (TPSA) is 53.5 Å². The van der Waals surface area contributed by atoms with Gasteiger partial charge in [0.05, 0.1) is 0 Å². The Morgan fingerprint density at radius 2 is 1.68 bits per heavy atom. The summed E-state index contributed by atoms with van der Waals surface area (Å²) < 4.78 is 18.1. The molecule has 0 saturated heterocycles. The van der Waals surface area contributed by atoms with E-state index in [1.165, 1.54) is 0 Å². The summed E-state index contributed by atoms with van der Waals surface area (Å²) in [4.78, 5) is 5.56. The largest absolute Gasteiger partial charge is 0.325 e. The maximum atomic E-state index is 14.8. The molecule has 0 saturated carbocycles. The molecule has 1 aliphatic heterocycles. The molecule has 4 nitrogen and oxygen atoms in total. The van der Waals surface area contributed by atoms with Crippen LogP contribution in [0.15, 0.2) is 65.7 Å². The fourth-order valence-electron chi connectivity index (χ4n) is 3.77. The van der Waals surface area contributed by atoms with Crippen molar-refractivity contribution in [1.29, 1.82) is 0 Å². The van der Waals surface area contributed by atoms with Crippen LogP contribution >= 0.6 is 12.2 Å². The Hall–Kier alpha value is -1.89. The Morgan fingerprint density at radius 1 is 1.11 bits per heavy atom. The fourth-order valence-corrected chi connectivity index (χ4v) is 8.06. The van der Waals surface area contributed by atoms with Gasteiger partial charge in [0.1, 0.15) is 10.5 Å². The molecule has 3 rings (SSSR count). The first kappa shape index (κ1) is 20.8. The standard InChI is InChI=1S/C22H29N3OS2/c1-17(2)15-28(26,23-4,16-18-11-7-5-8-12-18)21-24-20(27)22(3,25-21)19-13-9-6-10-14-19/h5-14,17H,15-16H2,1-4H3,(H,23,26)(H,24,25,27). The molecule has 2 aromatic rings. The van der Waals surface area contributed by atoms with Gasteiger partial charge in [0, 0.05) is 20.8 Å². The number of hydrogen-bond acceptors (Lipinski definition) is 3. The van der Waals surface area contributed by atoms with Crippen molar-refractivity contribution >= 4 is 31.6 Å². The molecule has 1 heterocycles. The number of nitrogens with one attached hydrogen (secondary N) is 2. The Kier molecular flexibility index (Phi) is 5.58. The van der Waals surface area contributed by atoms with Gasteiger partial charge in [0.25, 0.3) is 0 Å². The summed E-state index contributed by atoms with van der Waals surface area (Å²) in [7, 11) is -1.77. The lowest BCUT2D eigenvalue weighted by molar-refractivity contribution is 0.633. The van der Waals surface area contributed by atoms with E-state index in [0.29, 0.717) is 21.7 Å². The van der Waals surface area contributed by atoms with Crippen LogP contribution in [0.3, 0.4) is 0 Å². The van der Waals surface area contributed by atoms with Crippen LogP contribution in [0.4, 0.5) is 0 Å². The van der Waals surface area contributed by atoms with Gasteiger partial charge in [-0.15, -0.1) is 0 Å². The van der Waals surface area contributed by atoms with Crippen molar-refractivity contribution in [3.8, 4) is 0 Å². The van der Waals surface area contributed by atoms with Gasteiger partial charge in [-0.05, 0) is 31.0 Å². The molecule has 0 bridgehead atoms. The van der Waals surface area contributed by atoms with Crippen molar-refractivity contribution in [3.05, 3.63) is 71.8 Å². The number of thiocarbonyl (C=S) groups is 1. The highest BCUT2D eigenvalue weighted by molar-refractivity contribution is 8.30. The van der Waals surface area contributed by atoms with E-state index in [4.69, 9.17) is 17.2 Å². The minimum atomic E-state index is -3.54. The first-order chi connectivity index (χ1) is 13.2. The van der Waals surface area contributed by atoms with Crippen LogP contribution in [0.1, 0.15) is 31.9 Å². The van der Waals surface area contributed by atoms with E-state index in [1.807, 2.05) is 67.6 Å². The molecule has 0 aliphatic carbocycles. The third-order valence-corrected chi connectivity index (χ3v) is 10.1. The Morgan fingerprint density at radius 3 is 2.21 bits per heavy atom. The van der Waals surface area contributed by atoms with E-state index < -0.39 is 14.8 Å². The highest BCUT2D eigenvalue weighted by Gasteiger charge is 2.49. The van der Waals surface area contributed by atoms with Gasteiger partial charge in [0.2, 0.25) is 0 Å². The molecule has 6 heteroatoms. The average Bonchev–Trinajstić information content (AvgIpc) is 3.00.